The number of carbonyl (C=O) groups is 4. The van der Waals surface area contributed by atoms with Gasteiger partial charge in [0.1, 0.15) is 65.9 Å². The highest BCUT2D eigenvalue weighted by Gasteiger charge is 2.56. The van der Waals surface area contributed by atoms with Gasteiger partial charge < -0.3 is 44.2 Å². The van der Waals surface area contributed by atoms with Gasteiger partial charge in [-0.25, -0.2) is 53.2 Å². The summed E-state index contributed by atoms with van der Waals surface area (Å²) in [6, 6.07) is -1.99. The Labute approximate surface area is 420 Å². The van der Waals surface area contributed by atoms with Crippen molar-refractivity contribution < 1.29 is 74.8 Å². The Morgan fingerprint density at radius 3 is 2.03 bits per heavy atom. The normalized spacial score (nSPS) is 32.5. The Morgan fingerprint density at radius 2 is 1.36 bits per heavy atom. The molecule has 0 aliphatic carbocycles. The predicted octanol–water partition coefficient (Wildman–Crippen LogP) is 4.10. The minimum Gasteiger partial charge on any atom is -0.453 e. The summed E-state index contributed by atoms with van der Waals surface area (Å²) in [4.78, 5) is 93.6. The number of aromatic nitrogens is 8. The number of esters is 1. The van der Waals surface area contributed by atoms with Crippen LogP contribution in [0, 0.1) is 0 Å². The first kappa shape index (κ1) is 52.1. The number of thiol groups is 1. The van der Waals surface area contributed by atoms with Crippen molar-refractivity contribution in [2.45, 2.75) is 140 Å². The maximum atomic E-state index is 16.9. The van der Waals surface area contributed by atoms with Gasteiger partial charge in [-0.2, -0.15) is 0 Å². The number of imidazole rings is 2. The number of hydrogen-bond donors (Lipinski definition) is 4. The molecule has 9 heterocycles. The second-order valence-corrected chi connectivity index (χ2v) is 25.1. The van der Waals surface area contributed by atoms with Gasteiger partial charge in [-0.15, -0.1) is 0 Å². The highest BCUT2D eigenvalue weighted by atomic mass is 32.7. The maximum absolute atomic E-state index is 16.9. The molecule has 0 spiro atoms. The summed E-state index contributed by atoms with van der Waals surface area (Å²) in [5, 5.41) is 2.70. The zero-order chi connectivity index (χ0) is 51.7. The van der Waals surface area contributed by atoms with E-state index in [-0.39, 0.29) is 46.9 Å². The minimum atomic E-state index is -4.62. The second kappa shape index (κ2) is 19.8. The summed E-state index contributed by atoms with van der Waals surface area (Å²) >= 11 is 9.69. The molecule has 4 aromatic heterocycles. The minimum absolute atomic E-state index is 0.00530. The number of halogens is 1. The smallest absolute Gasteiger partial charge is 0.411 e. The van der Waals surface area contributed by atoms with E-state index >= 15 is 4.39 Å². The number of nitrogens with one attached hydrogen (secondary N) is 1. The van der Waals surface area contributed by atoms with Gasteiger partial charge in [-0.3, -0.25) is 37.3 Å². The first-order valence-electron chi connectivity index (χ1n) is 22.7. The quantitative estimate of drug-likeness (QED) is 0.0914. The molecule has 5 aliphatic heterocycles. The third-order valence-corrected chi connectivity index (χ3v) is 15.2. The Kier molecular flexibility index (Phi) is 14.4. The van der Waals surface area contributed by atoms with E-state index in [1.54, 1.807) is 41.5 Å². The molecule has 32 heteroatoms. The number of ether oxygens (including phenoxy) is 5. The van der Waals surface area contributed by atoms with Crippen molar-refractivity contribution in [3.05, 3.63) is 25.3 Å². The molecule has 72 heavy (non-hydrogen) atoms. The zero-order valence-corrected chi connectivity index (χ0v) is 43.1. The number of nitrogens with zero attached hydrogens (tertiary/aromatic N) is 10. The van der Waals surface area contributed by atoms with E-state index in [1.807, 2.05) is 0 Å². The van der Waals surface area contributed by atoms with Crippen molar-refractivity contribution in [3.8, 4) is 0 Å². The predicted molar refractivity (Wildman–Crippen MR) is 253 cm³/mol. The summed E-state index contributed by atoms with van der Waals surface area (Å²) in [6.07, 6.45) is -8.07. The Bertz CT molecular complexity index is 2850. The number of carbonyl (C=O) groups excluding carboxylic acids is 4. The molecule has 4 aromatic rings. The highest BCUT2D eigenvalue weighted by molar-refractivity contribution is 8.44. The number of hydrogen-bond acceptors (Lipinski definition) is 22. The number of amides is 3. The lowest BCUT2D eigenvalue weighted by atomic mass is 10.1. The van der Waals surface area contributed by atoms with Crippen molar-refractivity contribution in [1.82, 2.24) is 48.8 Å². The van der Waals surface area contributed by atoms with E-state index in [4.69, 9.17) is 59.3 Å². The Morgan fingerprint density at radius 1 is 0.806 bits per heavy atom. The molecule has 392 valence electrons. The molecule has 0 radical (unpaired) electrons. The molecule has 0 bridgehead atoms. The SMILES string of the molecule is CC(C)(C)OC(=O)N1CCC[C@@H]1C(=O)Nc1ncnc2c1ncn2[C@@H]1O[C@@H]2COP(O)(=S)O[C@@H]3C(COP(=O)(S)O[C@H]2[C@H]1F)O[C@@H](n1cnc2c(N)ncnc21)[C@@H]3OC(=O)[C@H]1CCCN1C(=O)OC(C)(C)C. The fraction of sp³-hybridized carbons (Fsp3) is 0.650. The van der Waals surface area contributed by atoms with E-state index in [9.17, 15) is 28.6 Å². The van der Waals surface area contributed by atoms with Crippen molar-refractivity contribution in [2.75, 3.05) is 37.4 Å². The Hall–Kier alpha value is -4.74. The first-order chi connectivity index (χ1) is 33.9. The molecule has 5 fully saturated rings. The molecular weight excluding hydrogens is 1030 g/mol. The van der Waals surface area contributed by atoms with Crippen LogP contribution >= 0.6 is 25.8 Å². The number of alkyl halides is 1. The van der Waals surface area contributed by atoms with Crippen LogP contribution in [0.15, 0.2) is 25.3 Å². The van der Waals surface area contributed by atoms with Crippen LogP contribution in [0.4, 0.5) is 25.6 Å². The summed E-state index contributed by atoms with van der Waals surface area (Å²) in [5.74, 6) is -1.49. The fourth-order valence-electron chi connectivity index (χ4n) is 8.93. The van der Waals surface area contributed by atoms with Gasteiger partial charge in [-0.05, 0) is 79.0 Å². The fourth-order valence-corrected chi connectivity index (χ4v) is 11.9. The van der Waals surface area contributed by atoms with Crippen LogP contribution in [-0.4, -0.2) is 164 Å². The van der Waals surface area contributed by atoms with Crippen LogP contribution in [0.1, 0.15) is 79.7 Å². The molecule has 12 atom stereocenters. The van der Waals surface area contributed by atoms with Gasteiger partial charge in [0.2, 0.25) is 5.91 Å². The second-order valence-electron chi connectivity index (χ2n) is 19.4. The van der Waals surface area contributed by atoms with Gasteiger partial charge >= 0.3 is 31.7 Å². The van der Waals surface area contributed by atoms with E-state index in [1.165, 1.54) is 37.9 Å². The molecule has 27 nitrogen and oxygen atoms in total. The number of fused-ring (bicyclic) bond motifs is 4. The van der Waals surface area contributed by atoms with E-state index < -0.39 is 123 Å². The lowest BCUT2D eigenvalue weighted by Gasteiger charge is -2.31. The van der Waals surface area contributed by atoms with Crippen molar-refractivity contribution >= 4 is 95.6 Å². The number of anilines is 2. The Balaban J connectivity index is 0.965. The molecule has 5 saturated heterocycles. The standard InChI is InChI=1S/C40H53FN12O15P2S2/c1-39(2,3)65-37(56)50-11-7-9-19(50)33(54)49-30-25-32(46-16-44-30)52(18-48-25)34-23(41)26-21(62-34)13-60-70(59,72)68-27-22(14-61-69(58,71)67-26)63-35(53-17-47-24-29(42)43-15-45-31(24)53)28(27)64-36(55)20-10-8-12-51(20)38(57)66-40(4,5)6/h15-23,26-28,34-35H,7-14H2,1-6H3,(H,58,71)(H,59,72)(H2,42,43,45)(H,44,46,49,54)/t19-,20-,21-,22?,23-,26-,27-,28-,34-,35-,69?,70?/m1/s1. The summed E-state index contributed by atoms with van der Waals surface area (Å²) in [7, 11) is 0. The van der Waals surface area contributed by atoms with Crippen LogP contribution in [0.2, 0.25) is 0 Å². The third kappa shape index (κ3) is 10.9. The molecule has 4 N–H and O–H groups in total. The van der Waals surface area contributed by atoms with Crippen molar-refractivity contribution in [1.29, 1.82) is 0 Å². The molecule has 3 unspecified atom stereocenters. The molecule has 3 amide bonds. The van der Waals surface area contributed by atoms with Gasteiger partial charge in [-0.1, -0.05) is 12.2 Å². The molecule has 0 aromatic carbocycles. The molecule has 5 aliphatic rings. The van der Waals surface area contributed by atoms with E-state index in [0.717, 1.165) is 6.33 Å². The van der Waals surface area contributed by atoms with Gasteiger partial charge in [0.25, 0.3) is 0 Å². The monoisotopic (exact) mass is 1090 g/mol. The summed E-state index contributed by atoms with van der Waals surface area (Å²) in [6.45, 7) is 0.130. The lowest BCUT2D eigenvalue weighted by molar-refractivity contribution is -0.163. The van der Waals surface area contributed by atoms with E-state index in [0.29, 0.717) is 25.8 Å². The van der Waals surface area contributed by atoms with E-state index in [2.05, 4.69) is 47.5 Å². The van der Waals surface area contributed by atoms with Gasteiger partial charge in [0.05, 0.1) is 25.9 Å². The highest BCUT2D eigenvalue weighted by Crippen LogP contribution is 2.59. The maximum Gasteiger partial charge on any atom is 0.411 e. The zero-order valence-electron chi connectivity index (χ0n) is 39.6. The first-order valence-corrected chi connectivity index (χ1v) is 28.0. The number of nitrogens with two attached hydrogens (primary N) is 1. The third-order valence-electron chi connectivity index (χ3n) is 12.0. The average Bonchev–Trinajstić information content (AvgIpc) is 4.15. The molecular formula is C40H53FN12O15P2S2. The van der Waals surface area contributed by atoms with Crippen LogP contribution in [0.5, 0.6) is 0 Å². The lowest BCUT2D eigenvalue weighted by Crippen LogP contribution is -2.47. The van der Waals surface area contributed by atoms with Gasteiger partial charge in [0, 0.05) is 13.1 Å². The largest absolute Gasteiger partial charge is 0.453 e. The van der Waals surface area contributed by atoms with Crippen LogP contribution in [-0.2, 0) is 67.7 Å². The summed E-state index contributed by atoms with van der Waals surface area (Å²) in [5.41, 5.74) is 4.73. The summed E-state index contributed by atoms with van der Waals surface area (Å²) < 4.78 is 86.7. The average molecular weight is 1090 g/mol. The number of nitrogen functional groups attached to an aromatic ring is 1. The van der Waals surface area contributed by atoms with Crippen LogP contribution < -0.4 is 11.1 Å². The number of likely N-dealkylation sites (tertiary alicyclic amines) is 2. The van der Waals surface area contributed by atoms with Crippen molar-refractivity contribution in [3.63, 3.8) is 0 Å². The topological polar surface area (TPSA) is 320 Å². The van der Waals surface area contributed by atoms with Crippen LogP contribution in [0.3, 0.4) is 0 Å². The number of rotatable bonds is 6. The van der Waals surface area contributed by atoms with Crippen molar-refractivity contribution in [2.24, 2.45) is 0 Å². The van der Waals surface area contributed by atoms with Crippen LogP contribution in [0.25, 0.3) is 22.3 Å². The molecule has 0 saturated carbocycles. The molecule has 9 rings (SSSR count). The van der Waals surface area contributed by atoms with Gasteiger partial charge in [0.15, 0.2) is 53.2 Å².